The molecule has 0 fully saturated rings. The topological polar surface area (TPSA) is 120 Å². The van der Waals surface area contributed by atoms with Crippen LogP contribution in [0, 0.1) is 4.64 Å². The number of carbonyl (C=O) groups is 1. The monoisotopic (exact) mass is 393 g/mol. The number of hydrogen-bond acceptors (Lipinski definition) is 6. The van der Waals surface area contributed by atoms with Crippen molar-refractivity contribution in [1.82, 2.24) is 15.2 Å². The van der Waals surface area contributed by atoms with Crippen LogP contribution in [-0.2, 0) is 13.1 Å². The molecule has 2 aromatic rings. The molecule has 0 bridgehead atoms. The molecule has 0 spiro atoms. The number of carboxylic acid groups (broad SMARTS) is 1. The predicted molar refractivity (Wildman–Crippen MR) is 113 cm³/mol. The molecule has 0 unspecified atom stereocenters. The van der Waals surface area contributed by atoms with Gasteiger partial charge in [-0.15, -0.1) is 0 Å². The molecule has 2 rings (SSSR count). The summed E-state index contributed by atoms with van der Waals surface area (Å²) in [5.74, 6) is -0.953. The molecule has 0 saturated heterocycles. The molecule has 0 amide bonds. The van der Waals surface area contributed by atoms with Gasteiger partial charge in [-0.3, -0.25) is 0 Å². The first kappa shape index (κ1) is 24.9. The van der Waals surface area contributed by atoms with E-state index in [2.05, 4.69) is 29.3 Å². The van der Waals surface area contributed by atoms with Crippen LogP contribution in [0.5, 0.6) is 0 Å². The second-order valence-electron chi connectivity index (χ2n) is 5.88. The average molecular weight is 394 g/mol. The maximum atomic E-state index is 10.3. The van der Waals surface area contributed by atoms with Crippen LogP contribution in [0.3, 0.4) is 0 Å². The highest BCUT2D eigenvalue weighted by atomic mass is 32.1. The van der Waals surface area contributed by atoms with E-state index < -0.39 is 5.97 Å². The van der Waals surface area contributed by atoms with Crippen LogP contribution in [0.15, 0.2) is 42.6 Å². The van der Waals surface area contributed by atoms with E-state index in [0.29, 0.717) is 17.7 Å². The number of nitrogens with one attached hydrogen (secondary N) is 2. The van der Waals surface area contributed by atoms with Crippen LogP contribution >= 0.6 is 12.2 Å². The summed E-state index contributed by atoms with van der Waals surface area (Å²) in [5, 5.41) is 11.5. The quantitative estimate of drug-likeness (QED) is 0.475. The summed E-state index contributed by atoms with van der Waals surface area (Å²) in [6, 6.07) is 11.0. The normalized spacial score (nSPS) is 9.70. The molecule has 0 radical (unpaired) electrons. The number of aromatic carboxylic acids is 1. The molecule has 8 heteroatoms. The van der Waals surface area contributed by atoms with Crippen LogP contribution in [0.1, 0.15) is 21.5 Å². The zero-order valence-corrected chi connectivity index (χ0v) is 17.1. The van der Waals surface area contributed by atoms with Crippen LogP contribution in [0.25, 0.3) is 0 Å². The SMILES string of the molecule is CNCCN(C)C.NCc1ccc(CN)cc1.O=C(O)c1ccc(=S)[nH]c1. The molecule has 0 aliphatic carbocycles. The first-order valence-electron chi connectivity index (χ1n) is 8.53. The maximum absolute atomic E-state index is 10.3. The Balaban J connectivity index is 0.000000384. The summed E-state index contributed by atoms with van der Waals surface area (Å²) in [5.41, 5.74) is 13.3. The van der Waals surface area contributed by atoms with Crippen molar-refractivity contribution in [3.8, 4) is 0 Å². The van der Waals surface area contributed by atoms with E-state index in [1.54, 1.807) is 6.07 Å². The van der Waals surface area contributed by atoms with E-state index in [4.69, 9.17) is 28.8 Å². The number of likely N-dealkylation sites (N-methyl/N-ethyl adjacent to an activating group) is 2. The lowest BCUT2D eigenvalue weighted by molar-refractivity contribution is 0.0696. The molecule has 1 aromatic carbocycles. The second kappa shape index (κ2) is 15.0. The van der Waals surface area contributed by atoms with Crippen molar-refractivity contribution in [3.05, 3.63) is 63.9 Å². The number of aromatic nitrogens is 1. The van der Waals surface area contributed by atoms with E-state index >= 15 is 0 Å². The molecule has 0 saturated carbocycles. The summed E-state index contributed by atoms with van der Waals surface area (Å²) in [7, 11) is 6.10. The minimum atomic E-state index is -0.953. The molecular weight excluding hydrogens is 362 g/mol. The third-order valence-corrected chi connectivity index (χ3v) is 3.59. The van der Waals surface area contributed by atoms with Crippen LogP contribution in [0.4, 0.5) is 0 Å². The summed E-state index contributed by atoms with van der Waals surface area (Å²) in [4.78, 5) is 15.0. The molecular formula is C19H31N5O2S. The summed E-state index contributed by atoms with van der Waals surface area (Å²) in [6.07, 6.45) is 1.37. The second-order valence-corrected chi connectivity index (χ2v) is 6.32. The molecule has 0 aliphatic rings. The average Bonchev–Trinajstić information content (AvgIpc) is 2.67. The van der Waals surface area contributed by atoms with Crippen LogP contribution < -0.4 is 16.8 Å². The predicted octanol–water partition coefficient (Wildman–Crippen LogP) is 1.81. The number of benzene rings is 1. The Morgan fingerprint density at radius 3 is 1.89 bits per heavy atom. The fourth-order valence-corrected chi connectivity index (χ4v) is 1.82. The molecule has 150 valence electrons. The van der Waals surface area contributed by atoms with Crippen molar-refractivity contribution in [2.75, 3.05) is 34.2 Å². The fourth-order valence-electron chi connectivity index (χ4n) is 1.69. The third kappa shape index (κ3) is 12.8. The smallest absolute Gasteiger partial charge is 0.337 e. The van der Waals surface area contributed by atoms with Crippen molar-refractivity contribution < 1.29 is 9.90 Å². The Morgan fingerprint density at radius 2 is 1.63 bits per heavy atom. The van der Waals surface area contributed by atoms with Crippen molar-refractivity contribution in [3.63, 3.8) is 0 Å². The van der Waals surface area contributed by atoms with Gasteiger partial charge in [0.05, 0.1) is 5.56 Å². The highest BCUT2D eigenvalue weighted by Gasteiger charge is 1.98. The lowest BCUT2D eigenvalue weighted by atomic mass is 10.1. The standard InChI is InChI=1S/C8H12N2.C6H5NO2S.C5H14N2/c9-5-7-1-2-8(6-10)4-3-7;8-6(9)4-1-2-5(10)7-3-4;1-6-4-5-7(2)3/h1-4H,5-6,9-10H2;1-3H,(H,7,10)(H,8,9);6H,4-5H2,1-3H3. The van der Waals surface area contributed by atoms with Crippen molar-refractivity contribution in [1.29, 1.82) is 0 Å². The van der Waals surface area contributed by atoms with Gasteiger partial charge in [0.1, 0.15) is 4.64 Å². The Bertz CT molecular complexity index is 658. The summed E-state index contributed by atoms with van der Waals surface area (Å²) < 4.78 is 0.532. The van der Waals surface area contributed by atoms with Crippen LogP contribution in [0.2, 0.25) is 0 Å². The molecule has 7 N–H and O–H groups in total. The summed E-state index contributed by atoms with van der Waals surface area (Å²) in [6.45, 7) is 3.40. The molecule has 0 aliphatic heterocycles. The zero-order valence-electron chi connectivity index (χ0n) is 16.2. The van der Waals surface area contributed by atoms with Gasteiger partial charge < -0.3 is 31.8 Å². The lowest BCUT2D eigenvalue weighted by Crippen LogP contribution is -2.23. The van der Waals surface area contributed by atoms with Gasteiger partial charge in [0.2, 0.25) is 0 Å². The van der Waals surface area contributed by atoms with Gasteiger partial charge in [-0.2, -0.15) is 0 Å². The van der Waals surface area contributed by atoms with Crippen molar-refractivity contribution >= 4 is 18.2 Å². The number of rotatable bonds is 6. The van der Waals surface area contributed by atoms with Gasteiger partial charge in [0.25, 0.3) is 0 Å². The van der Waals surface area contributed by atoms with Gasteiger partial charge >= 0.3 is 5.97 Å². The fraction of sp³-hybridized carbons (Fsp3) is 0.368. The Labute approximate surface area is 166 Å². The van der Waals surface area contributed by atoms with E-state index in [1.807, 2.05) is 31.3 Å². The van der Waals surface area contributed by atoms with Crippen molar-refractivity contribution in [2.45, 2.75) is 13.1 Å². The number of nitrogens with two attached hydrogens (primary N) is 2. The highest BCUT2D eigenvalue weighted by molar-refractivity contribution is 7.71. The number of nitrogens with zero attached hydrogens (tertiary/aromatic N) is 1. The van der Waals surface area contributed by atoms with Gasteiger partial charge in [-0.05, 0) is 44.4 Å². The molecule has 27 heavy (non-hydrogen) atoms. The van der Waals surface area contributed by atoms with E-state index in [9.17, 15) is 4.79 Å². The minimum absolute atomic E-state index is 0.216. The zero-order chi connectivity index (χ0) is 20.7. The van der Waals surface area contributed by atoms with Gasteiger partial charge in [0, 0.05) is 32.4 Å². The Hall–Kier alpha value is -2.10. The number of carboxylic acids is 1. The van der Waals surface area contributed by atoms with Crippen LogP contribution in [-0.4, -0.2) is 55.2 Å². The number of aromatic amines is 1. The molecule has 1 aromatic heterocycles. The summed E-state index contributed by atoms with van der Waals surface area (Å²) >= 11 is 4.71. The minimum Gasteiger partial charge on any atom is -0.478 e. The Morgan fingerprint density at radius 1 is 1.11 bits per heavy atom. The van der Waals surface area contributed by atoms with E-state index in [0.717, 1.165) is 24.2 Å². The maximum Gasteiger partial charge on any atom is 0.337 e. The number of H-pyrrole nitrogens is 1. The van der Waals surface area contributed by atoms with E-state index in [1.165, 1.54) is 12.3 Å². The third-order valence-electron chi connectivity index (χ3n) is 3.33. The largest absolute Gasteiger partial charge is 0.478 e. The van der Waals surface area contributed by atoms with Gasteiger partial charge in [0.15, 0.2) is 0 Å². The highest BCUT2D eigenvalue weighted by Crippen LogP contribution is 2.01. The van der Waals surface area contributed by atoms with Gasteiger partial charge in [-0.1, -0.05) is 36.5 Å². The molecule has 7 nitrogen and oxygen atoms in total. The lowest BCUT2D eigenvalue weighted by Gasteiger charge is -2.06. The molecule has 1 heterocycles. The number of pyridine rings is 1. The van der Waals surface area contributed by atoms with Gasteiger partial charge in [-0.25, -0.2) is 4.79 Å². The first-order chi connectivity index (χ1) is 12.8. The van der Waals surface area contributed by atoms with Crippen molar-refractivity contribution in [2.24, 2.45) is 11.5 Å². The first-order valence-corrected chi connectivity index (χ1v) is 8.94. The molecule has 0 atom stereocenters. The Kier molecular flexibility index (Phi) is 13.8. The van der Waals surface area contributed by atoms with E-state index in [-0.39, 0.29) is 5.56 Å². The number of hydrogen-bond donors (Lipinski definition) is 5.